The molecule has 0 atom stereocenters. The Kier molecular flexibility index (Phi) is 6.22. The predicted molar refractivity (Wildman–Crippen MR) is 84.0 cm³/mol. The summed E-state index contributed by atoms with van der Waals surface area (Å²) in [5.74, 6) is 0. The number of nitrogens with zero attached hydrogens (tertiary/aromatic N) is 1. The number of anilines is 1. The molecule has 1 aromatic rings. The summed E-state index contributed by atoms with van der Waals surface area (Å²) >= 11 is 0. The number of hydrogen-bond acceptors (Lipinski definition) is 2. The van der Waals surface area contributed by atoms with Gasteiger partial charge in [-0.25, -0.2) is 0 Å². The second-order valence-corrected chi connectivity index (χ2v) is 5.53. The van der Waals surface area contributed by atoms with Gasteiger partial charge in [-0.05, 0) is 43.9 Å². The summed E-state index contributed by atoms with van der Waals surface area (Å²) in [5.41, 5.74) is 3.00. The molecule has 0 bridgehead atoms. The summed E-state index contributed by atoms with van der Waals surface area (Å²) in [5, 5.41) is 3.58. The highest BCUT2D eigenvalue weighted by atomic mass is 15.1. The molecule has 0 fully saturated rings. The van der Waals surface area contributed by atoms with E-state index >= 15 is 0 Å². The standard InChI is InChI=1S/C17H28N2/c1-2-3-7-12-18-13-15-19-14-8-6-10-16-9-4-5-11-17(16)19/h4-5,9,11,18H,2-3,6-8,10,12-15H2,1H3. The number of nitrogens with one attached hydrogen (secondary N) is 1. The minimum Gasteiger partial charge on any atom is -0.370 e. The first-order chi connectivity index (χ1) is 9.42. The van der Waals surface area contributed by atoms with Gasteiger partial charge in [-0.2, -0.15) is 0 Å². The van der Waals surface area contributed by atoms with Gasteiger partial charge in [0.2, 0.25) is 0 Å². The zero-order chi connectivity index (χ0) is 13.3. The van der Waals surface area contributed by atoms with Crippen molar-refractivity contribution in [3.63, 3.8) is 0 Å². The van der Waals surface area contributed by atoms with Crippen molar-refractivity contribution in [1.29, 1.82) is 0 Å². The van der Waals surface area contributed by atoms with Gasteiger partial charge in [0.15, 0.2) is 0 Å². The van der Waals surface area contributed by atoms with E-state index in [4.69, 9.17) is 0 Å². The summed E-state index contributed by atoms with van der Waals surface area (Å²) < 4.78 is 0. The molecule has 2 rings (SSSR count). The number of rotatable bonds is 7. The third kappa shape index (κ3) is 4.54. The van der Waals surface area contributed by atoms with E-state index in [-0.39, 0.29) is 0 Å². The van der Waals surface area contributed by atoms with Crippen molar-refractivity contribution in [3.05, 3.63) is 29.8 Å². The SMILES string of the molecule is CCCCCNCCN1CCCCc2ccccc21. The van der Waals surface area contributed by atoms with Gasteiger partial charge >= 0.3 is 0 Å². The fraction of sp³-hybridized carbons (Fsp3) is 0.647. The molecule has 1 aromatic carbocycles. The highest BCUT2D eigenvalue weighted by Crippen LogP contribution is 2.25. The minimum absolute atomic E-state index is 1.11. The topological polar surface area (TPSA) is 15.3 Å². The first-order valence-electron chi connectivity index (χ1n) is 7.95. The quantitative estimate of drug-likeness (QED) is 0.753. The van der Waals surface area contributed by atoms with Crippen molar-refractivity contribution in [3.8, 4) is 0 Å². The van der Waals surface area contributed by atoms with Crippen LogP contribution in [0.4, 0.5) is 5.69 Å². The maximum Gasteiger partial charge on any atom is 0.0399 e. The van der Waals surface area contributed by atoms with E-state index in [1.807, 2.05) is 0 Å². The second kappa shape index (κ2) is 8.21. The van der Waals surface area contributed by atoms with Gasteiger partial charge in [-0.1, -0.05) is 38.0 Å². The molecular weight excluding hydrogens is 232 g/mol. The Morgan fingerprint density at radius 2 is 2.00 bits per heavy atom. The molecule has 2 nitrogen and oxygen atoms in total. The molecule has 0 unspecified atom stereocenters. The summed E-state index contributed by atoms with van der Waals surface area (Å²) in [4.78, 5) is 2.56. The van der Waals surface area contributed by atoms with Crippen molar-refractivity contribution in [1.82, 2.24) is 5.32 Å². The molecule has 1 aliphatic heterocycles. The van der Waals surface area contributed by atoms with Gasteiger partial charge in [0, 0.05) is 25.3 Å². The van der Waals surface area contributed by atoms with Crippen molar-refractivity contribution < 1.29 is 0 Å². The number of para-hydroxylation sites is 1. The fourth-order valence-corrected chi connectivity index (χ4v) is 2.84. The Bertz CT molecular complexity index is 362. The van der Waals surface area contributed by atoms with E-state index in [0.717, 1.165) is 13.1 Å². The fourth-order valence-electron chi connectivity index (χ4n) is 2.84. The summed E-state index contributed by atoms with van der Waals surface area (Å²) in [6.07, 6.45) is 7.87. The van der Waals surface area contributed by atoms with Crippen LogP contribution in [-0.4, -0.2) is 26.2 Å². The molecule has 106 valence electrons. The molecule has 0 radical (unpaired) electrons. The second-order valence-electron chi connectivity index (χ2n) is 5.53. The molecule has 0 saturated heterocycles. The smallest absolute Gasteiger partial charge is 0.0399 e. The molecule has 0 amide bonds. The van der Waals surface area contributed by atoms with E-state index in [1.165, 1.54) is 62.9 Å². The number of unbranched alkanes of at least 4 members (excludes halogenated alkanes) is 2. The van der Waals surface area contributed by atoms with Crippen LogP contribution in [0.5, 0.6) is 0 Å². The molecule has 0 saturated carbocycles. The van der Waals surface area contributed by atoms with Crippen LogP contribution in [0.3, 0.4) is 0 Å². The lowest BCUT2D eigenvalue weighted by Gasteiger charge is -2.25. The molecule has 2 heteroatoms. The van der Waals surface area contributed by atoms with Gasteiger partial charge in [0.05, 0.1) is 0 Å². The Hall–Kier alpha value is -1.02. The molecule has 0 spiro atoms. The maximum absolute atomic E-state index is 3.58. The zero-order valence-corrected chi connectivity index (χ0v) is 12.3. The van der Waals surface area contributed by atoms with Crippen molar-refractivity contribution in [2.24, 2.45) is 0 Å². The largest absolute Gasteiger partial charge is 0.370 e. The van der Waals surface area contributed by atoms with E-state index in [2.05, 4.69) is 41.4 Å². The molecule has 19 heavy (non-hydrogen) atoms. The number of hydrogen-bond donors (Lipinski definition) is 1. The highest BCUT2D eigenvalue weighted by molar-refractivity contribution is 5.54. The van der Waals surface area contributed by atoms with E-state index in [9.17, 15) is 0 Å². The van der Waals surface area contributed by atoms with Gasteiger partial charge in [0.1, 0.15) is 0 Å². The van der Waals surface area contributed by atoms with Crippen molar-refractivity contribution in [2.75, 3.05) is 31.1 Å². The van der Waals surface area contributed by atoms with Gasteiger partial charge in [-0.15, -0.1) is 0 Å². The van der Waals surface area contributed by atoms with Crippen LogP contribution >= 0.6 is 0 Å². The normalized spacial score (nSPS) is 15.1. The maximum atomic E-state index is 3.58. The molecular formula is C17H28N2. The molecule has 1 N–H and O–H groups in total. The molecule has 1 aliphatic rings. The molecule has 0 aliphatic carbocycles. The van der Waals surface area contributed by atoms with Gasteiger partial charge in [0.25, 0.3) is 0 Å². The predicted octanol–water partition coefficient (Wildman–Crippen LogP) is 3.61. The Morgan fingerprint density at radius 3 is 2.89 bits per heavy atom. The lowest BCUT2D eigenvalue weighted by molar-refractivity contribution is 0.603. The van der Waals surface area contributed by atoms with Crippen LogP contribution < -0.4 is 10.2 Å². The van der Waals surface area contributed by atoms with Crippen molar-refractivity contribution >= 4 is 5.69 Å². The van der Waals surface area contributed by atoms with Crippen molar-refractivity contribution in [2.45, 2.75) is 45.4 Å². The van der Waals surface area contributed by atoms with Crippen LogP contribution in [0.15, 0.2) is 24.3 Å². The highest BCUT2D eigenvalue weighted by Gasteiger charge is 2.13. The monoisotopic (exact) mass is 260 g/mol. The number of benzene rings is 1. The van der Waals surface area contributed by atoms with Gasteiger partial charge < -0.3 is 10.2 Å². The van der Waals surface area contributed by atoms with E-state index in [0.29, 0.717) is 0 Å². The van der Waals surface area contributed by atoms with E-state index in [1.54, 1.807) is 0 Å². The Balaban J connectivity index is 1.79. The summed E-state index contributed by atoms with van der Waals surface area (Å²) in [7, 11) is 0. The zero-order valence-electron chi connectivity index (χ0n) is 12.3. The lowest BCUT2D eigenvalue weighted by atomic mass is 10.1. The number of aryl methyl sites for hydroxylation is 1. The first-order valence-corrected chi connectivity index (χ1v) is 7.95. The minimum atomic E-state index is 1.11. The van der Waals surface area contributed by atoms with Crippen LogP contribution in [0, 0.1) is 0 Å². The molecule has 1 heterocycles. The Morgan fingerprint density at radius 1 is 1.11 bits per heavy atom. The van der Waals surface area contributed by atoms with Crippen LogP contribution in [-0.2, 0) is 6.42 Å². The van der Waals surface area contributed by atoms with Crippen LogP contribution in [0.2, 0.25) is 0 Å². The van der Waals surface area contributed by atoms with Gasteiger partial charge in [-0.3, -0.25) is 0 Å². The average Bonchev–Trinajstić information content (AvgIpc) is 2.65. The van der Waals surface area contributed by atoms with Crippen LogP contribution in [0.1, 0.15) is 44.6 Å². The first kappa shape index (κ1) is 14.4. The third-order valence-electron chi connectivity index (χ3n) is 3.97. The summed E-state index contributed by atoms with van der Waals surface area (Å²) in [6.45, 7) is 6.90. The molecule has 0 aromatic heterocycles. The van der Waals surface area contributed by atoms with Crippen LogP contribution in [0.25, 0.3) is 0 Å². The lowest BCUT2D eigenvalue weighted by Crippen LogP contribution is -2.33. The summed E-state index contributed by atoms with van der Waals surface area (Å²) in [6, 6.07) is 8.93. The number of fused-ring (bicyclic) bond motifs is 1. The third-order valence-corrected chi connectivity index (χ3v) is 3.97. The van der Waals surface area contributed by atoms with E-state index < -0.39 is 0 Å². The average molecular weight is 260 g/mol. The Labute approximate surface area is 118 Å².